The second-order valence-electron chi connectivity index (χ2n) is 7.55. The summed E-state index contributed by atoms with van der Waals surface area (Å²) in [5.41, 5.74) is 4.09. The quantitative estimate of drug-likeness (QED) is 0.652. The van der Waals surface area contributed by atoms with Crippen molar-refractivity contribution in [1.82, 2.24) is 9.78 Å². The van der Waals surface area contributed by atoms with Crippen molar-refractivity contribution in [2.24, 2.45) is 9.98 Å². The van der Waals surface area contributed by atoms with Crippen molar-refractivity contribution in [2.45, 2.75) is 13.8 Å². The third-order valence-corrected chi connectivity index (χ3v) is 5.23. The first-order valence-corrected chi connectivity index (χ1v) is 9.68. The van der Waals surface area contributed by atoms with E-state index in [2.05, 4.69) is 15.1 Å². The third kappa shape index (κ3) is 3.52. The number of aryl methyl sites for hydroxylation is 1. The van der Waals surface area contributed by atoms with Crippen molar-refractivity contribution >= 4 is 34.9 Å². The van der Waals surface area contributed by atoms with Crippen LogP contribution in [0.1, 0.15) is 22.8 Å². The van der Waals surface area contributed by atoms with Gasteiger partial charge in [-0.05, 0) is 67.4 Å². The van der Waals surface area contributed by atoms with Crippen LogP contribution in [0, 0.1) is 6.92 Å². The second-order valence-corrected chi connectivity index (χ2v) is 7.55. The monoisotopic (exact) mass is 415 g/mol. The third-order valence-electron chi connectivity index (χ3n) is 5.23. The number of fused-ring (bicyclic) bond motifs is 1. The van der Waals surface area contributed by atoms with Gasteiger partial charge in [-0.3, -0.25) is 19.5 Å². The van der Waals surface area contributed by atoms with Crippen LogP contribution in [0.3, 0.4) is 0 Å². The Bertz CT molecular complexity index is 1420. The summed E-state index contributed by atoms with van der Waals surface area (Å²) in [6, 6.07) is 12.3. The van der Waals surface area contributed by atoms with Crippen LogP contribution in [0.4, 0.5) is 11.4 Å². The van der Waals surface area contributed by atoms with Crippen LogP contribution in [0.5, 0.6) is 0 Å². The summed E-state index contributed by atoms with van der Waals surface area (Å²) < 4.78 is 1.31. The molecule has 1 aliphatic rings. The van der Waals surface area contributed by atoms with Crippen LogP contribution < -0.4 is 21.2 Å². The highest BCUT2D eigenvalue weighted by Gasteiger charge is 2.23. The lowest BCUT2D eigenvalue weighted by Gasteiger charge is -2.14. The number of aldehydes is 1. The molecule has 156 valence electrons. The van der Waals surface area contributed by atoms with Crippen LogP contribution in [0.15, 0.2) is 57.2 Å². The van der Waals surface area contributed by atoms with Gasteiger partial charge in [0.2, 0.25) is 0 Å². The van der Waals surface area contributed by atoms with Gasteiger partial charge in [0.1, 0.15) is 12.0 Å². The van der Waals surface area contributed by atoms with E-state index in [4.69, 9.17) is 0 Å². The van der Waals surface area contributed by atoms with Crippen LogP contribution >= 0.6 is 0 Å². The second kappa shape index (κ2) is 7.64. The molecule has 8 heteroatoms. The Morgan fingerprint density at radius 1 is 1.06 bits per heavy atom. The number of nitrogens with zero attached hydrogens (tertiary/aromatic N) is 4. The molecule has 2 aromatic carbocycles. The number of nitrogens with one attached hydrogen (secondary N) is 1. The molecule has 0 fully saturated rings. The molecule has 1 aliphatic heterocycles. The highest BCUT2D eigenvalue weighted by atomic mass is 16.2. The van der Waals surface area contributed by atoms with E-state index in [1.54, 1.807) is 31.2 Å². The number of hydrogen-bond donors (Lipinski definition) is 1. The molecule has 1 aromatic heterocycles. The smallest absolute Gasteiger partial charge is 0.297 e. The Kier molecular flexibility index (Phi) is 4.98. The number of carbonyl (C=O) groups is 2. The van der Waals surface area contributed by atoms with E-state index in [0.29, 0.717) is 27.7 Å². The van der Waals surface area contributed by atoms with Crippen molar-refractivity contribution in [3.8, 4) is 5.69 Å². The number of aromatic nitrogens is 2. The summed E-state index contributed by atoms with van der Waals surface area (Å²) in [6.07, 6.45) is 0.730. The van der Waals surface area contributed by atoms with E-state index in [1.165, 1.54) is 4.68 Å². The normalized spacial score (nSPS) is 14.4. The average Bonchev–Trinajstić information content (AvgIpc) is 3.08. The Labute approximate surface area is 177 Å². The zero-order valence-corrected chi connectivity index (χ0v) is 17.6. The minimum atomic E-state index is -0.509. The van der Waals surface area contributed by atoms with E-state index >= 15 is 0 Å². The van der Waals surface area contributed by atoms with Gasteiger partial charge in [0.05, 0.1) is 16.6 Å². The van der Waals surface area contributed by atoms with Gasteiger partial charge in [-0.15, -0.1) is 0 Å². The molecule has 4 rings (SSSR count). The minimum Gasteiger partial charge on any atom is -0.378 e. The first-order valence-electron chi connectivity index (χ1n) is 9.68. The number of rotatable bonds is 4. The summed E-state index contributed by atoms with van der Waals surface area (Å²) in [5, 5.41) is 3.19. The van der Waals surface area contributed by atoms with Gasteiger partial charge in [0.15, 0.2) is 5.49 Å². The maximum atomic E-state index is 13.1. The fraction of sp³-hybridized carbons (Fsp3) is 0.174. The van der Waals surface area contributed by atoms with Crippen molar-refractivity contribution in [3.05, 3.63) is 74.7 Å². The topological polar surface area (TPSA) is 99.9 Å². The zero-order chi connectivity index (χ0) is 22.3. The predicted octanol–water partition coefficient (Wildman–Crippen LogP) is 1.46. The van der Waals surface area contributed by atoms with Crippen molar-refractivity contribution < 1.29 is 9.59 Å². The van der Waals surface area contributed by atoms with Crippen molar-refractivity contribution in [3.63, 3.8) is 0 Å². The van der Waals surface area contributed by atoms with Crippen LogP contribution in [0.2, 0.25) is 0 Å². The molecule has 0 unspecified atom stereocenters. The van der Waals surface area contributed by atoms with Crippen LogP contribution in [-0.4, -0.2) is 41.8 Å². The molecule has 0 atom stereocenters. The molecule has 0 spiro atoms. The number of hydrogen-bond acceptors (Lipinski definition) is 5. The van der Waals surface area contributed by atoms with E-state index in [-0.39, 0.29) is 16.8 Å². The SMILES string of the molecule is CC1=c2c([nH]n(-c3ccc(C=O)cc3)c2=O)=NC(=O)C1=Nc1ccc(N(C)C)cc1C. The first kappa shape index (κ1) is 20.2. The zero-order valence-electron chi connectivity index (χ0n) is 17.6. The number of benzene rings is 2. The summed E-state index contributed by atoms with van der Waals surface area (Å²) in [5.74, 6) is -0.509. The van der Waals surface area contributed by atoms with Crippen LogP contribution in [0.25, 0.3) is 11.3 Å². The number of aromatic amines is 1. The van der Waals surface area contributed by atoms with Crippen molar-refractivity contribution in [2.75, 3.05) is 19.0 Å². The Morgan fingerprint density at radius 3 is 2.39 bits per heavy atom. The maximum Gasteiger partial charge on any atom is 0.297 e. The molecule has 3 aromatic rings. The average molecular weight is 415 g/mol. The predicted molar refractivity (Wildman–Crippen MR) is 119 cm³/mol. The molecule has 0 radical (unpaired) electrons. The molecule has 0 saturated heterocycles. The number of H-pyrrole nitrogens is 1. The van der Waals surface area contributed by atoms with E-state index in [9.17, 15) is 14.4 Å². The number of carbonyl (C=O) groups excluding carboxylic acids is 2. The molecular formula is C23H21N5O3. The van der Waals surface area contributed by atoms with E-state index < -0.39 is 5.91 Å². The molecule has 0 aliphatic carbocycles. The molecule has 8 nitrogen and oxygen atoms in total. The van der Waals surface area contributed by atoms with Crippen LogP contribution in [-0.2, 0) is 4.79 Å². The van der Waals surface area contributed by atoms with Gasteiger partial charge in [-0.1, -0.05) is 0 Å². The maximum absolute atomic E-state index is 13.1. The molecule has 1 N–H and O–H groups in total. The Balaban J connectivity index is 1.86. The summed E-state index contributed by atoms with van der Waals surface area (Å²) >= 11 is 0. The summed E-state index contributed by atoms with van der Waals surface area (Å²) in [4.78, 5) is 47.2. The molecule has 1 amide bonds. The largest absolute Gasteiger partial charge is 0.378 e. The molecule has 0 saturated carbocycles. The molecule has 0 bridgehead atoms. The standard InChI is InChI=1S/C23H21N5O3/c1-13-11-17(27(3)4)9-10-18(13)24-20-14(2)19-21(25-22(20)30)26-28(23(19)31)16-7-5-15(12-29)6-8-16/h5-12H,1-4H3,(H,25,26,30). The number of anilines is 1. The summed E-state index contributed by atoms with van der Waals surface area (Å²) in [6.45, 7) is 3.62. The number of amides is 1. The van der Waals surface area contributed by atoms with E-state index in [1.807, 2.05) is 44.1 Å². The molecule has 2 heterocycles. The van der Waals surface area contributed by atoms with E-state index in [0.717, 1.165) is 17.5 Å². The number of aliphatic imine (C=N–C) groups is 1. The lowest BCUT2D eigenvalue weighted by atomic mass is 10.1. The Morgan fingerprint density at radius 2 is 1.77 bits per heavy atom. The fourth-order valence-corrected chi connectivity index (χ4v) is 3.46. The Hall–Kier alpha value is -4.07. The fourth-order valence-electron chi connectivity index (χ4n) is 3.46. The lowest BCUT2D eigenvalue weighted by molar-refractivity contribution is -0.112. The minimum absolute atomic E-state index is 0.146. The van der Waals surface area contributed by atoms with Crippen molar-refractivity contribution in [1.29, 1.82) is 0 Å². The molecular weight excluding hydrogens is 394 g/mol. The summed E-state index contributed by atoms with van der Waals surface area (Å²) in [7, 11) is 3.90. The van der Waals surface area contributed by atoms with Gasteiger partial charge >= 0.3 is 0 Å². The highest BCUT2D eigenvalue weighted by molar-refractivity contribution is 6.54. The van der Waals surface area contributed by atoms with Gasteiger partial charge in [0, 0.05) is 25.3 Å². The first-order chi connectivity index (χ1) is 14.8. The van der Waals surface area contributed by atoms with Gasteiger partial charge < -0.3 is 4.90 Å². The highest BCUT2D eigenvalue weighted by Crippen LogP contribution is 2.25. The lowest BCUT2D eigenvalue weighted by Crippen LogP contribution is -2.43. The van der Waals surface area contributed by atoms with Gasteiger partial charge in [-0.2, -0.15) is 4.99 Å². The van der Waals surface area contributed by atoms with Gasteiger partial charge in [-0.25, -0.2) is 9.67 Å². The molecule has 31 heavy (non-hydrogen) atoms. The van der Waals surface area contributed by atoms with Gasteiger partial charge in [0.25, 0.3) is 11.5 Å².